The normalized spacial score (nSPS) is 14.8. The maximum absolute atomic E-state index is 6.42. The summed E-state index contributed by atoms with van der Waals surface area (Å²) in [7, 11) is -1.73. The quantitative estimate of drug-likeness (QED) is 0.689. The van der Waals surface area contributed by atoms with E-state index in [1.54, 1.807) is 6.26 Å². The maximum Gasteiger partial charge on any atom is 0.192 e. The van der Waals surface area contributed by atoms with Crippen LogP contribution >= 0.6 is 0 Å². The van der Waals surface area contributed by atoms with Gasteiger partial charge >= 0.3 is 0 Å². The largest absolute Gasteiger partial charge is 0.464 e. The molecule has 19 heavy (non-hydrogen) atoms. The average molecular weight is 276 g/mol. The Balaban J connectivity index is 2.22. The van der Waals surface area contributed by atoms with E-state index in [-0.39, 0.29) is 11.1 Å². The lowest BCUT2D eigenvalue weighted by Gasteiger charge is -2.38. The molecule has 2 aromatic rings. The van der Waals surface area contributed by atoms with Crippen LogP contribution in [0.25, 0.3) is 11.0 Å². The zero-order chi connectivity index (χ0) is 14.3. The highest BCUT2D eigenvalue weighted by Crippen LogP contribution is 2.39. The zero-order valence-electron chi connectivity index (χ0n) is 12.8. The summed E-state index contributed by atoms with van der Waals surface area (Å²) in [4.78, 5) is 0. The number of benzene rings is 1. The molecule has 1 aromatic carbocycles. The molecule has 0 aliphatic rings. The van der Waals surface area contributed by atoms with Gasteiger partial charge in [-0.2, -0.15) is 0 Å². The van der Waals surface area contributed by atoms with Gasteiger partial charge in [0.2, 0.25) is 0 Å². The Morgan fingerprint density at radius 3 is 2.47 bits per heavy atom. The molecule has 0 aliphatic carbocycles. The second-order valence-corrected chi connectivity index (χ2v) is 11.5. The van der Waals surface area contributed by atoms with Crippen LogP contribution in [0.1, 0.15) is 39.4 Å². The van der Waals surface area contributed by atoms with Crippen molar-refractivity contribution in [2.24, 2.45) is 0 Å². The summed E-state index contributed by atoms with van der Waals surface area (Å²) >= 11 is 0. The molecule has 1 heterocycles. The van der Waals surface area contributed by atoms with Gasteiger partial charge in [0.1, 0.15) is 5.58 Å². The molecule has 1 aromatic heterocycles. The van der Waals surface area contributed by atoms with Crippen molar-refractivity contribution in [1.29, 1.82) is 0 Å². The van der Waals surface area contributed by atoms with Gasteiger partial charge in [-0.15, -0.1) is 0 Å². The van der Waals surface area contributed by atoms with E-state index in [2.05, 4.69) is 52.9 Å². The standard InChI is InChI=1S/C16H24O2Si/c1-12(18-19(5,6)16(2,3)4)13-7-8-15-14(11-13)9-10-17-15/h7-12H,1-6H3/t12-/m1/s1. The van der Waals surface area contributed by atoms with Crippen LogP contribution in [0, 0.1) is 0 Å². The molecule has 0 unspecified atom stereocenters. The maximum atomic E-state index is 6.42. The predicted molar refractivity (Wildman–Crippen MR) is 82.9 cm³/mol. The van der Waals surface area contributed by atoms with Crippen molar-refractivity contribution >= 4 is 19.3 Å². The van der Waals surface area contributed by atoms with E-state index >= 15 is 0 Å². The topological polar surface area (TPSA) is 22.4 Å². The van der Waals surface area contributed by atoms with E-state index in [1.165, 1.54) is 5.56 Å². The number of furan rings is 1. The van der Waals surface area contributed by atoms with E-state index in [0.29, 0.717) is 0 Å². The van der Waals surface area contributed by atoms with Crippen molar-refractivity contribution in [2.75, 3.05) is 0 Å². The van der Waals surface area contributed by atoms with Gasteiger partial charge in [0, 0.05) is 5.39 Å². The highest BCUT2D eigenvalue weighted by molar-refractivity contribution is 6.74. The summed E-state index contributed by atoms with van der Waals surface area (Å²) in [6.45, 7) is 13.5. The third kappa shape index (κ3) is 2.93. The van der Waals surface area contributed by atoms with Gasteiger partial charge in [0.25, 0.3) is 0 Å². The van der Waals surface area contributed by atoms with E-state index in [0.717, 1.165) is 11.0 Å². The fourth-order valence-corrected chi connectivity index (χ4v) is 3.30. The Hall–Kier alpha value is -1.06. The fraction of sp³-hybridized carbons (Fsp3) is 0.500. The Morgan fingerprint density at radius 1 is 1.16 bits per heavy atom. The van der Waals surface area contributed by atoms with Crippen LogP contribution in [-0.4, -0.2) is 8.32 Å². The van der Waals surface area contributed by atoms with Crippen LogP contribution in [0.15, 0.2) is 34.9 Å². The number of hydrogen-bond donors (Lipinski definition) is 0. The average Bonchev–Trinajstić information content (AvgIpc) is 2.73. The molecule has 0 saturated carbocycles. The summed E-state index contributed by atoms with van der Waals surface area (Å²) in [5.41, 5.74) is 2.15. The molecule has 0 amide bonds. The number of hydrogen-bond acceptors (Lipinski definition) is 2. The van der Waals surface area contributed by atoms with Crippen molar-refractivity contribution < 1.29 is 8.84 Å². The lowest BCUT2D eigenvalue weighted by Crippen LogP contribution is -2.41. The van der Waals surface area contributed by atoms with Gasteiger partial charge in [-0.3, -0.25) is 0 Å². The Morgan fingerprint density at radius 2 is 1.84 bits per heavy atom. The predicted octanol–water partition coefficient (Wildman–Crippen LogP) is 5.52. The molecule has 2 nitrogen and oxygen atoms in total. The highest BCUT2D eigenvalue weighted by Gasteiger charge is 2.38. The van der Waals surface area contributed by atoms with Gasteiger partial charge in [-0.1, -0.05) is 26.8 Å². The smallest absolute Gasteiger partial charge is 0.192 e. The second kappa shape index (κ2) is 4.80. The highest BCUT2D eigenvalue weighted by atomic mass is 28.4. The Kier molecular flexibility index (Phi) is 3.62. The first-order valence-corrected chi connectivity index (χ1v) is 9.76. The van der Waals surface area contributed by atoms with E-state index in [9.17, 15) is 0 Å². The molecule has 0 aliphatic heterocycles. The first kappa shape index (κ1) is 14.3. The zero-order valence-corrected chi connectivity index (χ0v) is 13.8. The van der Waals surface area contributed by atoms with Crippen LogP contribution < -0.4 is 0 Å². The van der Waals surface area contributed by atoms with Gasteiger partial charge in [-0.25, -0.2) is 0 Å². The van der Waals surface area contributed by atoms with Crippen molar-refractivity contribution in [3.05, 3.63) is 36.1 Å². The van der Waals surface area contributed by atoms with Crippen molar-refractivity contribution in [3.8, 4) is 0 Å². The molecule has 0 spiro atoms. The molecule has 0 radical (unpaired) electrons. The van der Waals surface area contributed by atoms with Crippen molar-refractivity contribution in [3.63, 3.8) is 0 Å². The minimum absolute atomic E-state index is 0.125. The first-order valence-electron chi connectivity index (χ1n) is 6.86. The van der Waals surface area contributed by atoms with Crippen LogP contribution in [0.5, 0.6) is 0 Å². The minimum Gasteiger partial charge on any atom is -0.464 e. The summed E-state index contributed by atoms with van der Waals surface area (Å²) in [5.74, 6) is 0. The van der Waals surface area contributed by atoms with Gasteiger partial charge in [-0.05, 0) is 48.8 Å². The monoisotopic (exact) mass is 276 g/mol. The lowest BCUT2D eigenvalue weighted by atomic mass is 10.1. The third-order valence-corrected chi connectivity index (χ3v) is 8.78. The number of fused-ring (bicyclic) bond motifs is 1. The third-order valence-electron chi connectivity index (χ3n) is 4.22. The molecule has 1 atom stereocenters. The van der Waals surface area contributed by atoms with Crippen molar-refractivity contribution in [2.45, 2.75) is 51.9 Å². The molecule has 2 rings (SSSR count). The lowest BCUT2D eigenvalue weighted by molar-refractivity contribution is 0.203. The molecule has 3 heteroatoms. The summed E-state index contributed by atoms with van der Waals surface area (Å²) in [6.07, 6.45) is 1.86. The first-order chi connectivity index (χ1) is 8.71. The second-order valence-electron chi connectivity index (χ2n) is 6.74. The van der Waals surface area contributed by atoms with Crippen molar-refractivity contribution in [1.82, 2.24) is 0 Å². The van der Waals surface area contributed by atoms with Crippen LogP contribution in [-0.2, 0) is 4.43 Å². The van der Waals surface area contributed by atoms with E-state index in [4.69, 9.17) is 8.84 Å². The Bertz CT molecular complexity index is 563. The van der Waals surface area contributed by atoms with Crippen LogP contribution in [0.3, 0.4) is 0 Å². The van der Waals surface area contributed by atoms with Gasteiger partial charge < -0.3 is 8.84 Å². The van der Waals surface area contributed by atoms with Gasteiger partial charge in [0.15, 0.2) is 8.32 Å². The van der Waals surface area contributed by atoms with E-state index < -0.39 is 8.32 Å². The Labute approximate surface area is 116 Å². The van der Waals surface area contributed by atoms with Crippen LogP contribution in [0.2, 0.25) is 18.1 Å². The molecule has 0 bridgehead atoms. The molecular formula is C16H24O2Si. The molecule has 0 N–H and O–H groups in total. The molecule has 0 fully saturated rings. The minimum atomic E-state index is -1.73. The molecule has 0 saturated heterocycles. The molecule has 104 valence electrons. The van der Waals surface area contributed by atoms with Gasteiger partial charge in [0.05, 0.1) is 12.4 Å². The fourth-order valence-electron chi connectivity index (χ4n) is 1.92. The number of rotatable bonds is 3. The summed E-state index contributed by atoms with van der Waals surface area (Å²) in [5, 5.41) is 1.38. The summed E-state index contributed by atoms with van der Waals surface area (Å²) < 4.78 is 11.8. The van der Waals surface area contributed by atoms with Crippen LogP contribution in [0.4, 0.5) is 0 Å². The SMILES string of the molecule is C[C@@H](O[Si](C)(C)C(C)(C)C)c1ccc2occc2c1. The summed E-state index contributed by atoms with van der Waals surface area (Å²) in [6, 6.07) is 8.29. The molecular weight excluding hydrogens is 252 g/mol. The van der Waals surface area contributed by atoms with E-state index in [1.807, 2.05) is 12.1 Å².